The molecule has 0 aromatic heterocycles. The number of amidine groups is 2. The first kappa shape index (κ1) is 25.4. The van der Waals surface area contributed by atoms with Crippen LogP contribution in [0.1, 0.15) is 37.3 Å². The highest BCUT2D eigenvalue weighted by Crippen LogP contribution is 2.39. The molecule has 0 saturated carbocycles. The Morgan fingerprint density at radius 2 is 1.75 bits per heavy atom. The van der Waals surface area contributed by atoms with E-state index in [9.17, 15) is 4.79 Å². The van der Waals surface area contributed by atoms with E-state index in [-0.39, 0.29) is 18.0 Å². The molecule has 9 heteroatoms. The van der Waals surface area contributed by atoms with Crippen molar-refractivity contribution in [2.45, 2.75) is 26.2 Å². The molecular formula is C27H29N3O5S. The number of rotatable bonds is 10. The van der Waals surface area contributed by atoms with Gasteiger partial charge in [-0.1, -0.05) is 37.7 Å². The van der Waals surface area contributed by atoms with E-state index in [1.165, 1.54) is 31.5 Å². The van der Waals surface area contributed by atoms with Crippen LogP contribution in [0, 0.1) is 5.41 Å². The Morgan fingerprint density at radius 3 is 2.39 bits per heavy atom. The molecule has 2 aromatic carbocycles. The zero-order valence-electron chi connectivity index (χ0n) is 20.7. The lowest BCUT2D eigenvalue weighted by Gasteiger charge is -2.22. The number of fused-ring (bicyclic) bond motifs is 1. The fourth-order valence-corrected chi connectivity index (χ4v) is 4.46. The molecular weight excluding hydrogens is 478 g/mol. The standard InChI is InChI=1S/C27H29N3O5S/c1-5-17(2)19-6-8-20(9-7-19)34-11-12-35-24-22(32-3)15-18(16-23(24)33-4)14-21-25(28)30-10-13-36-27(30)29-26(21)31/h6-10,13-17,28H,5,11-12H2,1-4H3/b21-14-,28-25?. The molecule has 0 radical (unpaired) electrons. The van der Waals surface area contributed by atoms with Crippen LogP contribution in [0.3, 0.4) is 0 Å². The number of carbonyl (C=O) groups excluding carboxylic acids is 1. The predicted molar refractivity (Wildman–Crippen MR) is 142 cm³/mol. The topological polar surface area (TPSA) is 93.4 Å². The number of benzene rings is 2. The van der Waals surface area contributed by atoms with E-state index in [1.54, 1.807) is 34.7 Å². The van der Waals surface area contributed by atoms with Crippen LogP contribution < -0.4 is 18.9 Å². The Labute approximate surface area is 215 Å². The fraction of sp³-hybridized carbons (Fsp3) is 0.296. The number of aliphatic imine (C=N–C) groups is 1. The van der Waals surface area contributed by atoms with Crippen LogP contribution in [-0.2, 0) is 4.79 Å². The lowest BCUT2D eigenvalue weighted by molar-refractivity contribution is -0.114. The quantitative estimate of drug-likeness (QED) is 0.337. The second-order valence-corrected chi connectivity index (χ2v) is 9.08. The van der Waals surface area contributed by atoms with Crippen molar-refractivity contribution in [1.82, 2.24) is 4.90 Å². The lowest BCUT2D eigenvalue weighted by Crippen LogP contribution is -2.35. The van der Waals surface area contributed by atoms with Crippen molar-refractivity contribution in [3.63, 3.8) is 0 Å². The van der Waals surface area contributed by atoms with Gasteiger partial charge in [0.15, 0.2) is 16.7 Å². The second kappa shape index (κ2) is 11.3. The number of nitrogens with zero attached hydrogens (tertiary/aromatic N) is 2. The highest BCUT2D eigenvalue weighted by atomic mass is 32.2. The molecule has 2 aliphatic heterocycles. The largest absolute Gasteiger partial charge is 0.493 e. The van der Waals surface area contributed by atoms with Gasteiger partial charge in [-0.25, -0.2) is 0 Å². The van der Waals surface area contributed by atoms with Crippen LogP contribution in [0.5, 0.6) is 23.0 Å². The number of methoxy groups -OCH3 is 2. The van der Waals surface area contributed by atoms with Gasteiger partial charge in [0.05, 0.1) is 19.8 Å². The molecule has 36 heavy (non-hydrogen) atoms. The highest BCUT2D eigenvalue weighted by Gasteiger charge is 2.31. The van der Waals surface area contributed by atoms with E-state index in [4.69, 9.17) is 24.4 Å². The Kier molecular flexibility index (Phi) is 8.00. The van der Waals surface area contributed by atoms with Crippen LogP contribution in [0.15, 0.2) is 58.6 Å². The summed E-state index contributed by atoms with van der Waals surface area (Å²) in [6.45, 7) is 5.00. The SMILES string of the molecule is CCC(C)c1ccc(OCCOc2c(OC)cc(/C=C3/C(=N)N4C=CSC4=NC3=O)cc2OC)cc1. The molecule has 4 rings (SSSR count). The van der Waals surface area contributed by atoms with Gasteiger partial charge in [0, 0.05) is 6.20 Å². The third-order valence-electron chi connectivity index (χ3n) is 5.97. The van der Waals surface area contributed by atoms with Crippen molar-refractivity contribution in [2.75, 3.05) is 27.4 Å². The van der Waals surface area contributed by atoms with E-state index < -0.39 is 5.91 Å². The van der Waals surface area contributed by atoms with Crippen molar-refractivity contribution in [3.8, 4) is 23.0 Å². The maximum absolute atomic E-state index is 12.5. The minimum atomic E-state index is -0.463. The van der Waals surface area contributed by atoms with Gasteiger partial charge in [-0.2, -0.15) is 4.99 Å². The third kappa shape index (κ3) is 5.41. The predicted octanol–water partition coefficient (Wildman–Crippen LogP) is 5.45. The van der Waals surface area contributed by atoms with Crippen LogP contribution >= 0.6 is 11.8 Å². The molecule has 0 spiro atoms. The molecule has 2 aliphatic rings. The average Bonchev–Trinajstić information content (AvgIpc) is 3.37. The van der Waals surface area contributed by atoms with Crippen LogP contribution in [0.4, 0.5) is 0 Å². The number of amides is 1. The first-order valence-electron chi connectivity index (χ1n) is 11.6. The second-order valence-electron chi connectivity index (χ2n) is 8.21. The molecule has 1 atom stereocenters. The summed E-state index contributed by atoms with van der Waals surface area (Å²) in [6.07, 6.45) is 4.41. The fourth-order valence-electron chi connectivity index (χ4n) is 3.76. The molecule has 0 aliphatic carbocycles. The van der Waals surface area contributed by atoms with Crippen LogP contribution in [-0.4, -0.2) is 49.2 Å². The van der Waals surface area contributed by atoms with Gasteiger partial charge in [-0.15, -0.1) is 0 Å². The van der Waals surface area contributed by atoms with Gasteiger partial charge in [-0.3, -0.25) is 15.1 Å². The zero-order valence-corrected chi connectivity index (χ0v) is 21.6. The summed E-state index contributed by atoms with van der Waals surface area (Å²) >= 11 is 1.31. The molecule has 8 nitrogen and oxygen atoms in total. The number of ether oxygens (including phenoxy) is 4. The van der Waals surface area contributed by atoms with Crippen molar-refractivity contribution in [2.24, 2.45) is 4.99 Å². The summed E-state index contributed by atoms with van der Waals surface area (Å²) < 4.78 is 22.8. The van der Waals surface area contributed by atoms with Crippen molar-refractivity contribution < 1.29 is 23.7 Å². The van der Waals surface area contributed by atoms with E-state index in [0.29, 0.717) is 40.5 Å². The van der Waals surface area contributed by atoms with Gasteiger partial charge in [0.2, 0.25) is 5.75 Å². The van der Waals surface area contributed by atoms with Crippen molar-refractivity contribution >= 4 is 34.7 Å². The molecule has 0 saturated heterocycles. The molecule has 1 N–H and O–H groups in total. The van der Waals surface area contributed by atoms with E-state index in [1.807, 2.05) is 12.1 Å². The van der Waals surface area contributed by atoms with Crippen molar-refractivity contribution in [3.05, 3.63) is 64.7 Å². The molecule has 2 aromatic rings. The average molecular weight is 508 g/mol. The minimum absolute atomic E-state index is 0.0684. The van der Waals surface area contributed by atoms with Gasteiger partial charge in [0.25, 0.3) is 5.91 Å². The van der Waals surface area contributed by atoms with Gasteiger partial charge in [0.1, 0.15) is 24.8 Å². The van der Waals surface area contributed by atoms with Gasteiger partial charge in [-0.05, 0) is 59.2 Å². The lowest BCUT2D eigenvalue weighted by atomic mass is 9.99. The Bertz CT molecular complexity index is 1210. The van der Waals surface area contributed by atoms with Gasteiger partial charge >= 0.3 is 0 Å². The number of nitrogens with one attached hydrogen (secondary N) is 1. The molecule has 2 heterocycles. The summed E-state index contributed by atoms with van der Waals surface area (Å²) in [6, 6.07) is 11.6. The first-order valence-corrected chi connectivity index (χ1v) is 12.5. The number of thioether (sulfide) groups is 1. The Balaban J connectivity index is 1.45. The van der Waals surface area contributed by atoms with Gasteiger partial charge < -0.3 is 18.9 Å². The third-order valence-corrected chi connectivity index (χ3v) is 6.72. The van der Waals surface area contributed by atoms with E-state index in [0.717, 1.165) is 12.2 Å². The smallest absolute Gasteiger partial charge is 0.283 e. The number of carbonyl (C=O) groups is 1. The summed E-state index contributed by atoms with van der Waals surface area (Å²) in [7, 11) is 3.06. The van der Waals surface area contributed by atoms with Crippen molar-refractivity contribution in [1.29, 1.82) is 5.41 Å². The first-order chi connectivity index (χ1) is 17.4. The zero-order chi connectivity index (χ0) is 25.7. The molecule has 1 amide bonds. The monoisotopic (exact) mass is 507 g/mol. The minimum Gasteiger partial charge on any atom is -0.493 e. The summed E-state index contributed by atoms with van der Waals surface area (Å²) in [5.41, 5.74) is 2.09. The Hall–Kier alpha value is -3.72. The molecule has 188 valence electrons. The Morgan fingerprint density at radius 1 is 1.08 bits per heavy atom. The van der Waals surface area contributed by atoms with E-state index in [2.05, 4.69) is 31.0 Å². The molecule has 1 unspecified atom stereocenters. The molecule has 0 bridgehead atoms. The van der Waals surface area contributed by atoms with Crippen LogP contribution in [0.25, 0.3) is 6.08 Å². The number of hydrogen-bond donors (Lipinski definition) is 1. The van der Waals surface area contributed by atoms with E-state index >= 15 is 0 Å². The normalized spacial score (nSPS) is 16.6. The maximum Gasteiger partial charge on any atom is 0.283 e. The summed E-state index contributed by atoms with van der Waals surface area (Å²) in [5.74, 6) is 2.22. The molecule has 0 fully saturated rings. The van der Waals surface area contributed by atoms with Crippen LogP contribution in [0.2, 0.25) is 0 Å². The number of hydrogen-bond acceptors (Lipinski definition) is 7. The summed E-state index contributed by atoms with van der Waals surface area (Å²) in [4.78, 5) is 18.2. The highest BCUT2D eigenvalue weighted by molar-refractivity contribution is 8.16. The maximum atomic E-state index is 12.5. The summed E-state index contributed by atoms with van der Waals surface area (Å²) in [5, 5.41) is 10.7.